The Labute approximate surface area is 64.9 Å². The predicted octanol–water partition coefficient (Wildman–Crippen LogP) is -0.640. The lowest BCUT2D eigenvalue weighted by molar-refractivity contribution is -0.734. The highest BCUT2D eigenvalue weighted by Crippen LogP contribution is 2.18. The van der Waals surface area contributed by atoms with E-state index in [1.54, 1.807) is 0 Å². The topological polar surface area (TPSA) is 117 Å². The molecule has 1 heterocycles. The molecule has 0 aromatic carbocycles. The fourth-order valence-electron chi connectivity index (χ4n) is 0.656. The van der Waals surface area contributed by atoms with E-state index in [0.29, 0.717) is 4.80 Å². The van der Waals surface area contributed by atoms with Crippen LogP contribution in [0.25, 0.3) is 0 Å². The zero-order valence-corrected chi connectivity index (χ0v) is 5.87. The summed E-state index contributed by atoms with van der Waals surface area (Å²) in [5.41, 5.74) is 0. The first-order valence-corrected chi connectivity index (χ1v) is 2.72. The summed E-state index contributed by atoms with van der Waals surface area (Å²) in [4.78, 5) is 19.5. The summed E-state index contributed by atoms with van der Waals surface area (Å²) in [6.45, 7) is 0. The van der Waals surface area contributed by atoms with E-state index < -0.39 is 16.6 Å². The van der Waals surface area contributed by atoms with Crippen LogP contribution in [0.15, 0.2) is 5.18 Å². The van der Waals surface area contributed by atoms with E-state index in [-0.39, 0.29) is 4.85 Å². The Hall–Kier alpha value is -2.06. The number of nitroso groups, excluding NO2 is 1. The number of aryl methyl sites for hydroxylation is 1. The zero-order chi connectivity index (χ0) is 9.30. The molecule has 64 valence electrons. The van der Waals surface area contributed by atoms with Gasteiger partial charge in [-0.2, -0.15) is 0 Å². The highest BCUT2D eigenvalue weighted by molar-refractivity contribution is 5.39. The molecule has 0 atom stereocenters. The molecule has 12 heavy (non-hydrogen) atoms. The summed E-state index contributed by atoms with van der Waals surface area (Å²) in [5.74, 6) is -1.69. The first kappa shape index (κ1) is 8.04. The molecule has 0 aliphatic heterocycles. The van der Waals surface area contributed by atoms with E-state index in [2.05, 4.69) is 10.3 Å². The molecule has 9 nitrogen and oxygen atoms in total. The number of nitro groups is 1. The highest BCUT2D eigenvalue weighted by atomic mass is 16.6. The van der Waals surface area contributed by atoms with Gasteiger partial charge >= 0.3 is 11.6 Å². The second kappa shape index (κ2) is 2.53. The third-order valence-corrected chi connectivity index (χ3v) is 1.14. The Bertz CT molecular complexity index is 343. The molecule has 0 aliphatic rings. The van der Waals surface area contributed by atoms with Crippen molar-refractivity contribution in [3.8, 4) is 0 Å². The van der Waals surface area contributed by atoms with Crippen LogP contribution in [0.3, 0.4) is 0 Å². The monoisotopic (exact) mass is 173 g/mol. The summed E-state index contributed by atoms with van der Waals surface area (Å²) in [6.07, 6.45) is 0. The van der Waals surface area contributed by atoms with E-state index in [9.17, 15) is 20.2 Å². The van der Waals surface area contributed by atoms with Gasteiger partial charge < -0.3 is 5.21 Å². The summed E-state index contributed by atoms with van der Waals surface area (Å²) < 4.78 is 0. The molecular weight excluding hydrogens is 170 g/mol. The number of hydrogen-bond donors (Lipinski definition) is 0. The maximum atomic E-state index is 10.8. The minimum Gasteiger partial charge on any atom is -0.590 e. The first-order valence-electron chi connectivity index (χ1n) is 2.72. The van der Waals surface area contributed by atoms with E-state index in [1.165, 1.54) is 0 Å². The Morgan fingerprint density at radius 1 is 1.75 bits per heavy atom. The smallest absolute Gasteiger partial charge is 0.589 e. The molecule has 9 heteroatoms. The number of rotatable bonds is 2. The van der Waals surface area contributed by atoms with Crippen LogP contribution >= 0.6 is 0 Å². The van der Waals surface area contributed by atoms with Gasteiger partial charge in [-0.25, -0.2) is 0 Å². The molecule has 0 fully saturated rings. The zero-order valence-electron chi connectivity index (χ0n) is 5.87. The average molecular weight is 173 g/mol. The van der Waals surface area contributed by atoms with Gasteiger partial charge in [-0.1, -0.05) is 9.90 Å². The van der Waals surface area contributed by atoms with Crippen LogP contribution in [0.1, 0.15) is 0 Å². The second-order valence-electron chi connectivity index (χ2n) is 1.86. The quantitative estimate of drug-likeness (QED) is 0.194. The van der Waals surface area contributed by atoms with Crippen LogP contribution in [0.4, 0.5) is 11.6 Å². The summed E-state index contributed by atoms with van der Waals surface area (Å²) in [6, 6.07) is 0. The van der Waals surface area contributed by atoms with Gasteiger partial charge in [0.05, 0.1) is 7.05 Å². The maximum Gasteiger partial charge on any atom is 0.589 e. The van der Waals surface area contributed by atoms with Crippen LogP contribution < -0.4 is 4.85 Å². The van der Waals surface area contributed by atoms with Gasteiger partial charge in [-0.15, -0.1) is 4.91 Å². The lowest BCUT2D eigenvalue weighted by Gasteiger charge is -1.89. The van der Waals surface area contributed by atoms with Crippen LogP contribution in [-0.2, 0) is 7.05 Å². The van der Waals surface area contributed by atoms with Crippen LogP contribution in [0.2, 0.25) is 0 Å². The normalized spacial score (nSPS) is 9.75. The number of hydrogen-bond acceptors (Lipinski definition) is 6. The Balaban J connectivity index is 3.40. The highest BCUT2D eigenvalue weighted by Gasteiger charge is 2.33. The number of aromatic nitrogens is 3. The van der Waals surface area contributed by atoms with Crippen molar-refractivity contribution in [3.63, 3.8) is 0 Å². The van der Waals surface area contributed by atoms with E-state index in [1.807, 2.05) is 0 Å². The Kier molecular flexibility index (Phi) is 1.69. The Morgan fingerprint density at radius 3 is 2.67 bits per heavy atom. The van der Waals surface area contributed by atoms with Gasteiger partial charge in [-0.3, -0.25) is 10.1 Å². The average Bonchev–Trinajstić information content (AvgIpc) is 2.28. The fourth-order valence-corrected chi connectivity index (χ4v) is 0.656. The molecule has 1 aromatic rings. The summed E-state index contributed by atoms with van der Waals surface area (Å²) in [5, 5.41) is 26.3. The van der Waals surface area contributed by atoms with Crippen molar-refractivity contribution in [1.82, 2.24) is 9.90 Å². The molecule has 0 saturated carbocycles. The predicted molar refractivity (Wildman–Crippen MR) is 34.3 cm³/mol. The molecular formula is C3H3N5O4. The van der Waals surface area contributed by atoms with Gasteiger partial charge in [0.2, 0.25) is 0 Å². The van der Waals surface area contributed by atoms with E-state index in [4.69, 9.17) is 0 Å². The molecule has 0 spiro atoms. The maximum absolute atomic E-state index is 10.8. The minimum absolute atomic E-state index is 0.128. The molecule has 0 unspecified atom stereocenters. The molecule has 0 saturated heterocycles. The largest absolute Gasteiger partial charge is 0.590 e. The van der Waals surface area contributed by atoms with Crippen molar-refractivity contribution < 1.29 is 9.77 Å². The molecule has 1 aromatic heterocycles. The Morgan fingerprint density at radius 2 is 2.33 bits per heavy atom. The first-order chi connectivity index (χ1) is 5.57. The van der Waals surface area contributed by atoms with Crippen LogP contribution in [0.5, 0.6) is 0 Å². The summed E-state index contributed by atoms with van der Waals surface area (Å²) in [7, 11) is 1.16. The second-order valence-corrected chi connectivity index (χ2v) is 1.86. The van der Waals surface area contributed by atoms with Crippen molar-refractivity contribution in [2.45, 2.75) is 0 Å². The van der Waals surface area contributed by atoms with Crippen molar-refractivity contribution in [1.29, 1.82) is 0 Å². The SMILES string of the molecule is Cn1nc(N=O)c([N+](=O)[O-])[n+]1[O-]. The van der Waals surface area contributed by atoms with E-state index >= 15 is 0 Å². The lowest BCUT2D eigenvalue weighted by Crippen LogP contribution is -2.37. The molecule has 1 rings (SSSR count). The number of nitrogens with zero attached hydrogens (tertiary/aromatic N) is 5. The fraction of sp³-hybridized carbons (Fsp3) is 0.333. The summed E-state index contributed by atoms with van der Waals surface area (Å²) >= 11 is 0. The molecule has 0 N–H and O–H groups in total. The van der Waals surface area contributed by atoms with Crippen molar-refractivity contribution in [2.24, 2.45) is 12.2 Å². The van der Waals surface area contributed by atoms with Crippen LogP contribution in [-0.4, -0.2) is 14.8 Å². The van der Waals surface area contributed by atoms with Gasteiger partial charge in [0.25, 0.3) is 0 Å². The van der Waals surface area contributed by atoms with Gasteiger partial charge in [0, 0.05) is 10.0 Å². The third-order valence-electron chi connectivity index (χ3n) is 1.14. The third kappa shape index (κ3) is 0.962. The molecule has 0 amide bonds. The van der Waals surface area contributed by atoms with Gasteiger partial charge in [0.1, 0.15) is 4.92 Å². The van der Waals surface area contributed by atoms with E-state index in [0.717, 1.165) is 7.05 Å². The van der Waals surface area contributed by atoms with Gasteiger partial charge in [-0.05, 0) is 0 Å². The van der Waals surface area contributed by atoms with Crippen molar-refractivity contribution >= 4 is 11.6 Å². The van der Waals surface area contributed by atoms with Gasteiger partial charge in [0.15, 0.2) is 0 Å². The standard InChI is InChI=1S/C3H3N5O4/c1-6-4-2(5-9)3(7(6)10)8(11)12/h1H3. The molecule has 0 bridgehead atoms. The van der Waals surface area contributed by atoms with Crippen LogP contribution in [0, 0.1) is 20.2 Å². The lowest BCUT2D eigenvalue weighted by atomic mass is 10.7. The minimum atomic E-state index is -1.02. The molecule has 0 aliphatic carbocycles. The molecule has 0 radical (unpaired) electrons. The van der Waals surface area contributed by atoms with Crippen molar-refractivity contribution in [2.75, 3.05) is 0 Å². The van der Waals surface area contributed by atoms with Crippen molar-refractivity contribution in [3.05, 3.63) is 20.2 Å².